The van der Waals surface area contributed by atoms with Gasteiger partial charge >= 0.3 is 6.18 Å². The van der Waals surface area contributed by atoms with Crippen LogP contribution in [0.5, 0.6) is 0 Å². The number of aryl methyl sites for hydroxylation is 2. The maximum Gasteiger partial charge on any atom is 0.413 e. The average molecular weight is 233 g/mol. The molecule has 5 heteroatoms. The van der Waals surface area contributed by atoms with Crippen LogP contribution in [0.3, 0.4) is 0 Å². The summed E-state index contributed by atoms with van der Waals surface area (Å²) >= 11 is 0. The van der Waals surface area contributed by atoms with Gasteiger partial charge in [-0.2, -0.15) is 18.7 Å². The van der Waals surface area contributed by atoms with Gasteiger partial charge < -0.3 is 0 Å². The topological polar surface area (TPSA) is 21.3 Å². The van der Waals surface area contributed by atoms with E-state index in [2.05, 4.69) is 10.3 Å². The second-order valence-corrected chi connectivity index (χ2v) is 3.60. The maximum atomic E-state index is 11.8. The molecule has 0 saturated carbocycles. The fourth-order valence-electron chi connectivity index (χ4n) is 1.38. The number of hydroxylamine groups is 1. The Labute approximate surface area is 92.4 Å². The number of rotatable bonds is 4. The zero-order valence-electron chi connectivity index (χ0n) is 9.19. The maximum absolute atomic E-state index is 11.8. The Morgan fingerprint density at radius 3 is 2.25 bits per heavy atom. The van der Waals surface area contributed by atoms with Crippen LogP contribution in [0, 0.1) is 13.8 Å². The highest BCUT2D eigenvalue weighted by Crippen LogP contribution is 2.15. The van der Waals surface area contributed by atoms with Gasteiger partial charge in [-0.15, -0.1) is 0 Å². The largest absolute Gasteiger partial charge is 0.413 e. The van der Waals surface area contributed by atoms with Crippen LogP contribution in [-0.2, 0) is 11.4 Å². The molecule has 1 rings (SSSR count). The van der Waals surface area contributed by atoms with E-state index in [1.807, 2.05) is 32.0 Å². The molecule has 0 aliphatic heterocycles. The van der Waals surface area contributed by atoms with Crippen molar-refractivity contribution in [3.8, 4) is 0 Å². The van der Waals surface area contributed by atoms with Crippen molar-refractivity contribution in [3.05, 3.63) is 34.9 Å². The lowest BCUT2D eigenvalue weighted by molar-refractivity contribution is -0.190. The van der Waals surface area contributed by atoms with Crippen molar-refractivity contribution >= 4 is 0 Å². The second-order valence-electron chi connectivity index (χ2n) is 3.60. The van der Waals surface area contributed by atoms with Gasteiger partial charge in [0, 0.05) is 6.54 Å². The molecule has 2 nitrogen and oxygen atoms in total. The first-order chi connectivity index (χ1) is 7.40. The Hall–Kier alpha value is -1.07. The molecule has 0 saturated heterocycles. The third-order valence-corrected chi connectivity index (χ3v) is 2.23. The molecule has 0 atom stereocenters. The average Bonchev–Trinajstić information content (AvgIpc) is 2.14. The van der Waals surface area contributed by atoms with E-state index >= 15 is 0 Å². The monoisotopic (exact) mass is 233 g/mol. The lowest BCUT2D eigenvalue weighted by Gasteiger charge is -2.12. The Bertz CT molecular complexity index is 329. The van der Waals surface area contributed by atoms with E-state index in [0.717, 1.165) is 16.7 Å². The van der Waals surface area contributed by atoms with Crippen LogP contribution in [0.15, 0.2) is 18.2 Å². The van der Waals surface area contributed by atoms with Crippen LogP contribution in [-0.4, -0.2) is 12.8 Å². The fraction of sp³-hybridized carbons (Fsp3) is 0.455. The minimum atomic E-state index is -4.30. The molecule has 0 fully saturated rings. The minimum Gasteiger partial charge on any atom is -0.292 e. The third-order valence-electron chi connectivity index (χ3n) is 2.23. The van der Waals surface area contributed by atoms with Gasteiger partial charge in [-0.1, -0.05) is 18.2 Å². The van der Waals surface area contributed by atoms with E-state index < -0.39 is 12.8 Å². The summed E-state index contributed by atoms with van der Waals surface area (Å²) in [6, 6.07) is 5.73. The first-order valence-corrected chi connectivity index (χ1v) is 4.86. The van der Waals surface area contributed by atoms with Crippen molar-refractivity contribution in [1.29, 1.82) is 0 Å². The zero-order chi connectivity index (χ0) is 12.2. The summed E-state index contributed by atoms with van der Waals surface area (Å²) in [7, 11) is 0. The molecular formula is C11H14F3NO. The molecule has 1 N–H and O–H groups in total. The first kappa shape index (κ1) is 13.0. The van der Waals surface area contributed by atoms with Crippen molar-refractivity contribution in [2.45, 2.75) is 26.6 Å². The van der Waals surface area contributed by atoms with Crippen LogP contribution in [0.4, 0.5) is 13.2 Å². The number of hydrogen-bond donors (Lipinski definition) is 1. The highest BCUT2D eigenvalue weighted by Gasteiger charge is 2.27. The van der Waals surface area contributed by atoms with Crippen LogP contribution in [0.1, 0.15) is 16.7 Å². The van der Waals surface area contributed by atoms with Gasteiger partial charge in [-0.05, 0) is 30.5 Å². The third kappa shape index (κ3) is 4.20. The van der Waals surface area contributed by atoms with E-state index in [1.54, 1.807) is 0 Å². The van der Waals surface area contributed by atoms with Crippen molar-refractivity contribution in [1.82, 2.24) is 5.48 Å². The number of hydrogen-bond acceptors (Lipinski definition) is 2. The van der Waals surface area contributed by atoms with Crippen molar-refractivity contribution in [3.63, 3.8) is 0 Å². The van der Waals surface area contributed by atoms with E-state index in [1.165, 1.54) is 0 Å². The van der Waals surface area contributed by atoms with Gasteiger partial charge in [0.1, 0.15) is 0 Å². The summed E-state index contributed by atoms with van der Waals surface area (Å²) in [5.41, 5.74) is 5.34. The Kier molecular flexibility index (Phi) is 4.32. The molecule has 90 valence electrons. The highest BCUT2D eigenvalue weighted by molar-refractivity contribution is 5.33. The molecule has 0 radical (unpaired) electrons. The van der Waals surface area contributed by atoms with Gasteiger partial charge in [0.05, 0.1) is 0 Å². The second kappa shape index (κ2) is 5.32. The molecule has 0 spiro atoms. The molecule has 0 amide bonds. The molecule has 1 aromatic rings. The SMILES string of the molecule is Cc1cccc(C)c1CNOCC(F)(F)F. The van der Waals surface area contributed by atoms with Gasteiger partial charge in [-0.25, -0.2) is 0 Å². The molecule has 0 aliphatic carbocycles. The highest BCUT2D eigenvalue weighted by atomic mass is 19.4. The van der Waals surface area contributed by atoms with Crippen LogP contribution in [0.25, 0.3) is 0 Å². The van der Waals surface area contributed by atoms with Crippen molar-refractivity contribution in [2.24, 2.45) is 0 Å². The van der Waals surface area contributed by atoms with E-state index in [4.69, 9.17) is 0 Å². The van der Waals surface area contributed by atoms with Crippen LogP contribution >= 0.6 is 0 Å². The summed E-state index contributed by atoms with van der Waals surface area (Å²) < 4.78 is 35.3. The Balaban J connectivity index is 2.43. The molecule has 0 aliphatic rings. The van der Waals surface area contributed by atoms with Gasteiger partial charge in [-0.3, -0.25) is 4.84 Å². The van der Waals surface area contributed by atoms with Crippen molar-refractivity contribution in [2.75, 3.05) is 6.61 Å². The molecule has 1 aromatic carbocycles. The molecule has 0 heterocycles. The predicted octanol–water partition coefficient (Wildman–Crippen LogP) is 2.89. The standard InChI is InChI=1S/C11H14F3NO/c1-8-4-3-5-9(2)10(8)6-15-16-7-11(12,13)14/h3-5,15H,6-7H2,1-2H3. The van der Waals surface area contributed by atoms with Crippen molar-refractivity contribution < 1.29 is 18.0 Å². The number of nitrogens with one attached hydrogen (secondary N) is 1. The summed E-state index contributed by atoms with van der Waals surface area (Å²) in [6.45, 7) is 2.81. The summed E-state index contributed by atoms with van der Waals surface area (Å²) in [4.78, 5) is 4.34. The normalized spacial score (nSPS) is 11.8. The van der Waals surface area contributed by atoms with E-state index in [0.29, 0.717) is 0 Å². The summed E-state index contributed by atoms with van der Waals surface area (Å²) in [5, 5.41) is 0. The minimum absolute atomic E-state index is 0.272. The molecule has 0 unspecified atom stereocenters. The molecular weight excluding hydrogens is 219 g/mol. The predicted molar refractivity (Wildman–Crippen MR) is 54.8 cm³/mol. The molecule has 0 aromatic heterocycles. The van der Waals surface area contributed by atoms with Gasteiger partial charge in [0.25, 0.3) is 0 Å². The summed E-state index contributed by atoms with van der Waals surface area (Å²) in [5.74, 6) is 0. The van der Waals surface area contributed by atoms with Crippen LogP contribution < -0.4 is 5.48 Å². The van der Waals surface area contributed by atoms with Crippen LogP contribution in [0.2, 0.25) is 0 Å². The summed E-state index contributed by atoms with van der Waals surface area (Å²) in [6.07, 6.45) is -4.30. The van der Waals surface area contributed by atoms with E-state index in [-0.39, 0.29) is 6.54 Å². The molecule has 16 heavy (non-hydrogen) atoms. The number of benzene rings is 1. The lowest BCUT2D eigenvalue weighted by atomic mass is 10.0. The lowest BCUT2D eigenvalue weighted by Crippen LogP contribution is -2.24. The molecule has 0 bridgehead atoms. The van der Waals surface area contributed by atoms with Gasteiger partial charge in [0.15, 0.2) is 6.61 Å². The fourth-order valence-corrected chi connectivity index (χ4v) is 1.38. The zero-order valence-corrected chi connectivity index (χ0v) is 9.19. The first-order valence-electron chi connectivity index (χ1n) is 4.86. The smallest absolute Gasteiger partial charge is 0.292 e. The number of alkyl halides is 3. The van der Waals surface area contributed by atoms with Gasteiger partial charge in [0.2, 0.25) is 0 Å². The van der Waals surface area contributed by atoms with E-state index in [9.17, 15) is 13.2 Å². The quantitative estimate of drug-likeness (QED) is 0.637. The Morgan fingerprint density at radius 1 is 1.19 bits per heavy atom. The number of halogens is 3. The Morgan fingerprint density at radius 2 is 1.75 bits per heavy atom.